The van der Waals surface area contributed by atoms with E-state index in [-0.39, 0.29) is 19.4 Å². The van der Waals surface area contributed by atoms with Crippen LogP contribution in [0, 0.1) is 5.92 Å². The number of carboxylic acids is 2. The normalized spacial score (nSPS) is 14.9. The highest BCUT2D eigenvalue weighted by molar-refractivity contribution is 5.82. The second kappa shape index (κ2) is 16.3. The Labute approximate surface area is 259 Å². The Balaban J connectivity index is 4.85. The van der Waals surface area contributed by atoms with Gasteiger partial charge in [-0.05, 0) is 12.8 Å². The third kappa shape index (κ3) is 9.90. The van der Waals surface area contributed by atoms with E-state index >= 15 is 0 Å². The molecule has 0 radical (unpaired) electrons. The Hall–Kier alpha value is -2.78. The lowest BCUT2D eigenvalue weighted by atomic mass is 9.87. The molecule has 0 amide bonds. The van der Waals surface area contributed by atoms with Gasteiger partial charge in [-0.3, -0.25) is 14.4 Å². The minimum absolute atomic E-state index is 0.0658. The molecule has 0 aliphatic heterocycles. The standard InChI is InChI=1S/C25H29F17O6/c26-18(27,19(28,29)20(30,31)21(32,33)22(34,35)23(36,37)24(38,39)25(40,41)42)10-8-6-4-2-1-3-5-7-9-11-48-16(45)13-14(17(46)47)12-15(43)44/h14H,1-13H2,(H,43,44)(H,46,47). The van der Waals surface area contributed by atoms with E-state index in [2.05, 4.69) is 0 Å². The summed E-state index contributed by atoms with van der Waals surface area (Å²) in [4.78, 5) is 33.1. The number of alkyl halides is 17. The Morgan fingerprint density at radius 3 is 1.21 bits per heavy atom. The van der Waals surface area contributed by atoms with Crippen LogP contribution in [0.2, 0.25) is 0 Å². The van der Waals surface area contributed by atoms with Crippen LogP contribution in [0.1, 0.15) is 77.0 Å². The first-order chi connectivity index (χ1) is 21.4. The van der Waals surface area contributed by atoms with Crippen molar-refractivity contribution in [3.63, 3.8) is 0 Å². The molecule has 0 bridgehead atoms. The van der Waals surface area contributed by atoms with Crippen molar-refractivity contribution in [3.8, 4) is 0 Å². The van der Waals surface area contributed by atoms with Crippen molar-refractivity contribution in [2.24, 2.45) is 5.92 Å². The zero-order valence-electron chi connectivity index (χ0n) is 24.2. The zero-order chi connectivity index (χ0) is 38.2. The number of rotatable bonds is 23. The first-order valence-electron chi connectivity index (χ1n) is 13.7. The number of esters is 1. The summed E-state index contributed by atoms with van der Waals surface area (Å²) >= 11 is 0. The van der Waals surface area contributed by atoms with Gasteiger partial charge in [0.1, 0.15) is 0 Å². The predicted octanol–water partition coefficient (Wildman–Crippen LogP) is 9.01. The van der Waals surface area contributed by atoms with Gasteiger partial charge in [0.2, 0.25) is 0 Å². The molecular weight excluding hydrogens is 719 g/mol. The van der Waals surface area contributed by atoms with Crippen LogP contribution >= 0.6 is 0 Å². The first-order valence-corrected chi connectivity index (χ1v) is 13.7. The smallest absolute Gasteiger partial charge is 0.460 e. The van der Waals surface area contributed by atoms with Crippen molar-refractivity contribution in [2.45, 2.75) is 125 Å². The summed E-state index contributed by atoms with van der Waals surface area (Å²) in [6.45, 7) is -0.137. The number of carbonyl (C=O) groups excluding carboxylic acids is 1. The molecule has 0 aliphatic rings. The van der Waals surface area contributed by atoms with Crippen LogP contribution in [0.15, 0.2) is 0 Å². The molecule has 0 rings (SSSR count). The van der Waals surface area contributed by atoms with E-state index in [1.54, 1.807) is 0 Å². The SMILES string of the molecule is O=C(O)CC(CC(=O)OCCCCCCCCCCCC(F)(F)C(F)(F)C(F)(F)C(F)(F)C(F)(F)C(F)(F)C(F)(F)C(F)(F)F)C(=O)O. The fourth-order valence-corrected chi connectivity index (χ4v) is 3.94. The summed E-state index contributed by atoms with van der Waals surface area (Å²) < 4.78 is 231. The quantitative estimate of drug-likeness (QED) is 0.0615. The zero-order valence-corrected chi connectivity index (χ0v) is 24.2. The Morgan fingerprint density at radius 2 is 0.833 bits per heavy atom. The highest BCUT2D eigenvalue weighted by Crippen LogP contribution is 2.64. The monoisotopic (exact) mass is 748 g/mol. The molecular formula is C25H29F17O6. The van der Waals surface area contributed by atoms with Crippen molar-refractivity contribution in [2.75, 3.05) is 6.61 Å². The third-order valence-corrected chi connectivity index (χ3v) is 6.87. The molecule has 0 saturated carbocycles. The van der Waals surface area contributed by atoms with Crippen LogP contribution in [0.4, 0.5) is 74.6 Å². The molecule has 0 aromatic rings. The van der Waals surface area contributed by atoms with Gasteiger partial charge in [-0.15, -0.1) is 0 Å². The molecule has 0 saturated heterocycles. The molecule has 284 valence electrons. The highest BCUT2D eigenvalue weighted by Gasteiger charge is 2.95. The molecule has 0 aromatic carbocycles. The average molecular weight is 748 g/mol. The molecule has 2 N–H and O–H groups in total. The molecule has 48 heavy (non-hydrogen) atoms. The number of hydrogen-bond acceptors (Lipinski definition) is 4. The fraction of sp³-hybridized carbons (Fsp3) is 0.880. The van der Waals surface area contributed by atoms with Crippen molar-refractivity contribution in [1.82, 2.24) is 0 Å². The minimum atomic E-state index is -8.64. The van der Waals surface area contributed by atoms with Gasteiger partial charge in [-0.2, -0.15) is 74.6 Å². The maximum absolute atomic E-state index is 13.9. The number of halogens is 17. The maximum Gasteiger partial charge on any atom is 0.460 e. The van der Waals surface area contributed by atoms with Gasteiger partial charge in [-0.1, -0.05) is 44.9 Å². The van der Waals surface area contributed by atoms with E-state index in [1.165, 1.54) is 0 Å². The molecule has 1 atom stereocenters. The Bertz CT molecular complexity index is 1080. The summed E-state index contributed by atoms with van der Waals surface area (Å²) in [6, 6.07) is 0. The topological polar surface area (TPSA) is 101 Å². The van der Waals surface area contributed by atoms with E-state index in [0.717, 1.165) is 0 Å². The van der Waals surface area contributed by atoms with Crippen molar-refractivity contribution in [3.05, 3.63) is 0 Å². The third-order valence-electron chi connectivity index (χ3n) is 6.87. The van der Waals surface area contributed by atoms with E-state index < -0.39 is 104 Å². The van der Waals surface area contributed by atoms with Crippen LogP contribution in [0.3, 0.4) is 0 Å². The van der Waals surface area contributed by atoms with Crippen molar-refractivity contribution >= 4 is 17.9 Å². The largest absolute Gasteiger partial charge is 0.481 e. The van der Waals surface area contributed by atoms with Crippen LogP contribution in [0.25, 0.3) is 0 Å². The summed E-state index contributed by atoms with van der Waals surface area (Å²) in [6.07, 6.45) is -11.2. The van der Waals surface area contributed by atoms with Gasteiger partial charge in [0.25, 0.3) is 0 Å². The lowest BCUT2D eigenvalue weighted by Gasteiger charge is -2.42. The number of carbonyl (C=O) groups is 3. The molecule has 0 spiro atoms. The van der Waals surface area contributed by atoms with Gasteiger partial charge in [0, 0.05) is 6.42 Å². The highest BCUT2D eigenvalue weighted by atomic mass is 19.4. The lowest BCUT2D eigenvalue weighted by Crippen LogP contribution is -2.74. The second-order valence-corrected chi connectivity index (χ2v) is 10.6. The molecule has 1 unspecified atom stereocenters. The van der Waals surface area contributed by atoms with E-state index in [9.17, 15) is 89.0 Å². The van der Waals surface area contributed by atoms with Crippen LogP contribution in [-0.2, 0) is 19.1 Å². The maximum atomic E-state index is 13.9. The Kier molecular flexibility index (Phi) is 15.3. The van der Waals surface area contributed by atoms with Gasteiger partial charge < -0.3 is 14.9 Å². The summed E-state index contributed by atoms with van der Waals surface area (Å²) in [7, 11) is 0. The minimum Gasteiger partial charge on any atom is -0.481 e. The van der Waals surface area contributed by atoms with Crippen LogP contribution in [-0.4, -0.2) is 82.4 Å². The van der Waals surface area contributed by atoms with Gasteiger partial charge in [0.05, 0.1) is 25.4 Å². The molecule has 6 nitrogen and oxygen atoms in total. The van der Waals surface area contributed by atoms with E-state index in [4.69, 9.17) is 14.9 Å². The predicted molar refractivity (Wildman–Crippen MR) is 126 cm³/mol. The van der Waals surface area contributed by atoms with Gasteiger partial charge in [0.15, 0.2) is 0 Å². The molecule has 0 aromatic heterocycles. The van der Waals surface area contributed by atoms with Crippen molar-refractivity contribution in [1.29, 1.82) is 0 Å². The second-order valence-electron chi connectivity index (χ2n) is 10.6. The number of ether oxygens (including phenoxy) is 1. The molecule has 0 fully saturated rings. The van der Waals surface area contributed by atoms with E-state index in [0.29, 0.717) is 32.1 Å². The number of unbranched alkanes of at least 4 members (excludes halogenated alkanes) is 8. The Morgan fingerprint density at radius 1 is 0.479 bits per heavy atom. The number of hydrogen-bond donors (Lipinski definition) is 2. The molecule has 0 aliphatic carbocycles. The van der Waals surface area contributed by atoms with Crippen LogP contribution in [0.5, 0.6) is 0 Å². The summed E-state index contributed by atoms with van der Waals surface area (Å²) in [5.74, 6) is -61.6. The summed E-state index contributed by atoms with van der Waals surface area (Å²) in [5, 5.41) is 17.5. The van der Waals surface area contributed by atoms with Gasteiger partial charge in [-0.25, -0.2) is 0 Å². The van der Waals surface area contributed by atoms with Crippen molar-refractivity contribution < 1.29 is 104 Å². The molecule has 23 heteroatoms. The van der Waals surface area contributed by atoms with Crippen LogP contribution < -0.4 is 0 Å². The lowest BCUT2D eigenvalue weighted by molar-refractivity contribution is -0.461. The number of aliphatic carboxylic acids is 2. The average Bonchev–Trinajstić information content (AvgIpc) is 2.91. The fourth-order valence-electron chi connectivity index (χ4n) is 3.94. The van der Waals surface area contributed by atoms with Gasteiger partial charge >= 0.3 is 65.5 Å². The first kappa shape index (κ1) is 45.2. The number of carboxylic acid groups (broad SMARTS) is 2. The molecule has 0 heterocycles. The van der Waals surface area contributed by atoms with E-state index in [1.807, 2.05) is 0 Å². The summed E-state index contributed by atoms with van der Waals surface area (Å²) in [5.41, 5.74) is 0.